The van der Waals surface area contributed by atoms with Crippen LogP contribution >= 0.6 is 0 Å². The number of anilines is 1. The lowest BCUT2D eigenvalue weighted by Crippen LogP contribution is -2.32. The van der Waals surface area contributed by atoms with Gasteiger partial charge in [-0.3, -0.25) is 19.5 Å². The summed E-state index contributed by atoms with van der Waals surface area (Å²) in [6.07, 6.45) is 1.66. The third kappa shape index (κ3) is 3.87. The largest absolute Gasteiger partial charge is 0.350 e. The number of nitrogens with one attached hydrogen (secondary N) is 1. The van der Waals surface area contributed by atoms with Crippen molar-refractivity contribution in [3.63, 3.8) is 0 Å². The zero-order valence-electron chi connectivity index (χ0n) is 17.3. The molecule has 0 saturated carbocycles. The van der Waals surface area contributed by atoms with Crippen LogP contribution in [0.4, 0.5) is 5.69 Å². The number of benzene rings is 2. The number of amides is 2. The van der Waals surface area contributed by atoms with E-state index in [9.17, 15) is 9.59 Å². The molecule has 5 nitrogen and oxygen atoms in total. The Morgan fingerprint density at radius 3 is 2.17 bits per heavy atom. The van der Waals surface area contributed by atoms with Gasteiger partial charge in [0.1, 0.15) is 5.70 Å². The van der Waals surface area contributed by atoms with Gasteiger partial charge in [0.15, 0.2) is 0 Å². The summed E-state index contributed by atoms with van der Waals surface area (Å²) in [6.45, 7) is 6.12. The van der Waals surface area contributed by atoms with Crippen LogP contribution in [-0.4, -0.2) is 21.7 Å². The Bertz CT molecular complexity index is 1130. The highest BCUT2D eigenvalue weighted by Gasteiger charge is 2.39. The van der Waals surface area contributed by atoms with Crippen molar-refractivity contribution in [3.8, 4) is 0 Å². The Balaban J connectivity index is 1.76. The first-order chi connectivity index (χ1) is 14.4. The maximum Gasteiger partial charge on any atom is 0.278 e. The molecule has 0 spiro atoms. The summed E-state index contributed by atoms with van der Waals surface area (Å²) >= 11 is 0. The fraction of sp³-hybridized carbons (Fsp3) is 0.160. The Labute approximate surface area is 176 Å². The van der Waals surface area contributed by atoms with Gasteiger partial charge < -0.3 is 5.32 Å². The van der Waals surface area contributed by atoms with E-state index in [4.69, 9.17) is 0 Å². The van der Waals surface area contributed by atoms with Crippen LogP contribution in [0.1, 0.15) is 27.9 Å². The van der Waals surface area contributed by atoms with Gasteiger partial charge in [0.25, 0.3) is 11.8 Å². The van der Waals surface area contributed by atoms with Crippen molar-refractivity contribution < 1.29 is 9.59 Å². The normalized spacial score (nSPS) is 13.9. The molecule has 0 atom stereocenters. The summed E-state index contributed by atoms with van der Waals surface area (Å²) in [5.41, 5.74) is 6.09. The van der Waals surface area contributed by atoms with Crippen molar-refractivity contribution in [3.05, 3.63) is 101 Å². The minimum Gasteiger partial charge on any atom is -0.350 e. The lowest BCUT2D eigenvalue weighted by molar-refractivity contribution is -0.137. The zero-order chi connectivity index (χ0) is 21.3. The van der Waals surface area contributed by atoms with Gasteiger partial charge in [0, 0.05) is 11.9 Å². The first-order valence-corrected chi connectivity index (χ1v) is 9.85. The predicted octanol–water partition coefficient (Wildman–Crippen LogP) is 4.40. The van der Waals surface area contributed by atoms with Crippen LogP contribution in [0.3, 0.4) is 0 Å². The summed E-state index contributed by atoms with van der Waals surface area (Å²) in [6, 6.07) is 19.1. The maximum atomic E-state index is 13.3. The number of pyridine rings is 1. The molecule has 5 heteroatoms. The fourth-order valence-electron chi connectivity index (χ4n) is 3.67. The monoisotopic (exact) mass is 397 g/mol. The van der Waals surface area contributed by atoms with Crippen LogP contribution in [0.5, 0.6) is 0 Å². The minimum absolute atomic E-state index is 0.131. The molecule has 150 valence electrons. The van der Waals surface area contributed by atoms with Gasteiger partial charge in [0.2, 0.25) is 0 Å². The molecular weight excluding hydrogens is 374 g/mol. The summed E-state index contributed by atoms with van der Waals surface area (Å²) in [5, 5.41) is 3.23. The number of rotatable bonds is 5. The molecule has 0 fully saturated rings. The molecule has 1 aliphatic heterocycles. The summed E-state index contributed by atoms with van der Waals surface area (Å²) < 4.78 is 0. The van der Waals surface area contributed by atoms with Crippen LogP contribution in [0, 0.1) is 20.8 Å². The molecule has 3 aromatic rings. The van der Waals surface area contributed by atoms with Gasteiger partial charge in [-0.05, 0) is 61.7 Å². The topological polar surface area (TPSA) is 62.3 Å². The molecule has 2 aromatic carbocycles. The van der Waals surface area contributed by atoms with Crippen molar-refractivity contribution in [2.24, 2.45) is 0 Å². The van der Waals surface area contributed by atoms with Crippen molar-refractivity contribution in [2.45, 2.75) is 27.3 Å². The van der Waals surface area contributed by atoms with Gasteiger partial charge >= 0.3 is 0 Å². The van der Waals surface area contributed by atoms with E-state index in [1.165, 1.54) is 4.90 Å². The number of carbonyl (C=O) groups excluding carboxylic acids is 2. The van der Waals surface area contributed by atoms with Crippen LogP contribution in [0.25, 0.3) is 5.57 Å². The van der Waals surface area contributed by atoms with Crippen LogP contribution in [0.15, 0.2) is 72.6 Å². The number of hydrogen-bond donors (Lipinski definition) is 1. The van der Waals surface area contributed by atoms with Crippen LogP contribution in [0.2, 0.25) is 0 Å². The first kappa shape index (κ1) is 19.6. The molecule has 0 saturated heterocycles. The van der Waals surface area contributed by atoms with Gasteiger partial charge in [-0.1, -0.05) is 42.0 Å². The van der Waals surface area contributed by atoms with E-state index in [2.05, 4.69) is 16.4 Å². The van der Waals surface area contributed by atoms with Crippen molar-refractivity contribution >= 4 is 23.1 Å². The second-order valence-electron chi connectivity index (χ2n) is 7.63. The van der Waals surface area contributed by atoms with E-state index >= 15 is 0 Å². The highest BCUT2D eigenvalue weighted by molar-refractivity contribution is 6.36. The molecule has 1 aromatic heterocycles. The molecule has 2 heterocycles. The van der Waals surface area contributed by atoms with Gasteiger partial charge in [0.05, 0.1) is 17.8 Å². The minimum atomic E-state index is -0.347. The Hall–Kier alpha value is -3.73. The molecule has 0 bridgehead atoms. The van der Waals surface area contributed by atoms with Gasteiger partial charge in [-0.2, -0.15) is 0 Å². The van der Waals surface area contributed by atoms with E-state index in [-0.39, 0.29) is 18.4 Å². The van der Waals surface area contributed by atoms with Gasteiger partial charge in [-0.25, -0.2) is 0 Å². The van der Waals surface area contributed by atoms with Crippen molar-refractivity contribution in [1.29, 1.82) is 0 Å². The smallest absolute Gasteiger partial charge is 0.278 e. The second-order valence-corrected chi connectivity index (χ2v) is 7.63. The molecule has 0 aliphatic carbocycles. The Kier molecular flexibility index (Phi) is 5.19. The summed E-state index contributed by atoms with van der Waals surface area (Å²) in [7, 11) is 0. The third-order valence-electron chi connectivity index (χ3n) is 5.05. The van der Waals surface area contributed by atoms with E-state index in [1.807, 2.05) is 63.2 Å². The molecule has 30 heavy (non-hydrogen) atoms. The molecule has 1 aliphatic rings. The summed E-state index contributed by atoms with van der Waals surface area (Å²) in [4.78, 5) is 32.1. The van der Waals surface area contributed by atoms with Crippen molar-refractivity contribution in [2.75, 3.05) is 5.32 Å². The zero-order valence-corrected chi connectivity index (χ0v) is 17.3. The number of hydrogen-bond acceptors (Lipinski definition) is 4. The quantitative estimate of drug-likeness (QED) is 0.648. The molecular formula is C25H23N3O2. The van der Waals surface area contributed by atoms with E-state index < -0.39 is 0 Å². The SMILES string of the molecule is Cc1ccc(C2=C(Nc3cc(C)cc(C)c3)C(=O)N(Cc3ccccn3)C2=O)cc1. The van der Waals surface area contributed by atoms with E-state index in [0.29, 0.717) is 22.5 Å². The predicted molar refractivity (Wildman–Crippen MR) is 117 cm³/mol. The highest BCUT2D eigenvalue weighted by atomic mass is 16.2. The van der Waals surface area contributed by atoms with Crippen LogP contribution < -0.4 is 5.32 Å². The molecule has 2 amide bonds. The average molecular weight is 397 g/mol. The Morgan fingerprint density at radius 1 is 0.833 bits per heavy atom. The number of carbonyl (C=O) groups is 2. The second kappa shape index (κ2) is 7.95. The van der Waals surface area contributed by atoms with Gasteiger partial charge in [-0.15, -0.1) is 0 Å². The highest BCUT2D eigenvalue weighted by Crippen LogP contribution is 2.32. The summed E-state index contributed by atoms with van der Waals surface area (Å²) in [5.74, 6) is -0.665. The lowest BCUT2D eigenvalue weighted by Gasteiger charge is -2.15. The van der Waals surface area contributed by atoms with E-state index in [1.54, 1.807) is 18.3 Å². The molecule has 4 rings (SSSR count). The van der Waals surface area contributed by atoms with Crippen molar-refractivity contribution in [1.82, 2.24) is 9.88 Å². The average Bonchev–Trinajstić information content (AvgIpc) is 2.93. The molecule has 0 unspecified atom stereocenters. The van der Waals surface area contributed by atoms with E-state index in [0.717, 1.165) is 22.4 Å². The number of aryl methyl sites for hydroxylation is 3. The number of nitrogens with zero attached hydrogens (tertiary/aromatic N) is 2. The number of imide groups is 1. The fourth-order valence-corrected chi connectivity index (χ4v) is 3.67. The third-order valence-corrected chi connectivity index (χ3v) is 5.05. The first-order valence-electron chi connectivity index (χ1n) is 9.85. The van der Waals surface area contributed by atoms with Crippen LogP contribution in [-0.2, 0) is 16.1 Å². The maximum absolute atomic E-state index is 13.3. The molecule has 0 radical (unpaired) electrons. The Morgan fingerprint density at radius 2 is 1.53 bits per heavy atom. The standard InChI is InChI=1S/C25H23N3O2/c1-16-7-9-19(10-8-16)22-23(27-21-13-17(2)12-18(3)14-21)25(30)28(24(22)29)15-20-6-4-5-11-26-20/h4-14,27H,15H2,1-3H3. The molecule has 1 N–H and O–H groups in total. The number of aromatic nitrogens is 1. The lowest BCUT2D eigenvalue weighted by atomic mass is 10.0.